The number of carbonyl (C=O) groups excluding carboxylic acids is 1. The summed E-state index contributed by atoms with van der Waals surface area (Å²) in [7, 11) is -2.90. The Bertz CT molecular complexity index is 1140. The molecule has 0 unspecified atom stereocenters. The van der Waals surface area contributed by atoms with Crippen molar-refractivity contribution in [2.24, 2.45) is 17.8 Å². The van der Waals surface area contributed by atoms with E-state index in [1.165, 1.54) is 44.1 Å². The van der Waals surface area contributed by atoms with Crippen LogP contribution in [0.2, 0.25) is 0 Å². The number of sulfone groups is 1. The summed E-state index contributed by atoms with van der Waals surface area (Å²) in [4.78, 5) is 14.5. The van der Waals surface area contributed by atoms with Crippen molar-refractivity contribution in [2.75, 3.05) is 41.4 Å². The van der Waals surface area contributed by atoms with E-state index in [9.17, 15) is 13.2 Å². The number of amides is 1. The van der Waals surface area contributed by atoms with E-state index in [0.29, 0.717) is 24.2 Å². The van der Waals surface area contributed by atoms with Crippen molar-refractivity contribution in [1.29, 1.82) is 0 Å². The fourth-order valence-corrected chi connectivity index (χ4v) is 8.64. The minimum atomic E-state index is -2.90. The first-order chi connectivity index (χ1) is 16.9. The number of carbonyl (C=O) groups is 1. The lowest BCUT2D eigenvalue weighted by Gasteiger charge is -2.57. The summed E-state index contributed by atoms with van der Waals surface area (Å²) in [6.07, 6.45) is 8.37. The molecule has 1 saturated heterocycles. The number of ether oxygens (including phenoxy) is 1. The van der Waals surface area contributed by atoms with Crippen LogP contribution in [0.3, 0.4) is 0 Å². The predicted octanol–water partition coefficient (Wildman–Crippen LogP) is 4.41. The first kappa shape index (κ1) is 22.9. The van der Waals surface area contributed by atoms with Crippen LogP contribution in [0.1, 0.15) is 44.1 Å². The summed E-state index contributed by atoms with van der Waals surface area (Å²) >= 11 is 0. The fourth-order valence-electron chi connectivity index (χ4n) is 7.44. The van der Waals surface area contributed by atoms with Gasteiger partial charge >= 0.3 is 0 Å². The Morgan fingerprint density at radius 1 is 0.886 bits per heavy atom. The molecule has 1 aliphatic heterocycles. The molecule has 1 amide bonds. The SMILES string of the molecule is O=C(COc1ccc(C23CC4CC(CC(C4)C2)C3)cc1)Nc1ccc(N2CCS(=O)(=O)CC2)cc1. The summed E-state index contributed by atoms with van der Waals surface area (Å²) in [5, 5.41) is 2.88. The van der Waals surface area contributed by atoms with Gasteiger partial charge in [0.1, 0.15) is 5.75 Å². The van der Waals surface area contributed by atoms with Crippen molar-refractivity contribution in [3.05, 3.63) is 54.1 Å². The van der Waals surface area contributed by atoms with Crippen LogP contribution in [-0.2, 0) is 20.0 Å². The van der Waals surface area contributed by atoms with Crippen LogP contribution in [0.5, 0.6) is 5.75 Å². The van der Waals surface area contributed by atoms with Crippen LogP contribution >= 0.6 is 0 Å². The molecule has 7 rings (SSSR count). The summed E-state index contributed by atoms with van der Waals surface area (Å²) < 4.78 is 29.0. The topological polar surface area (TPSA) is 75.7 Å². The molecule has 5 fully saturated rings. The number of anilines is 2. The number of nitrogens with one attached hydrogen (secondary N) is 1. The Labute approximate surface area is 208 Å². The molecule has 6 nitrogen and oxygen atoms in total. The van der Waals surface area contributed by atoms with Crippen molar-refractivity contribution in [2.45, 2.75) is 43.9 Å². The second-order valence-corrected chi connectivity index (χ2v) is 13.5. The molecule has 7 heteroatoms. The molecular weight excluding hydrogens is 460 g/mol. The second-order valence-electron chi connectivity index (χ2n) is 11.2. The highest BCUT2D eigenvalue weighted by molar-refractivity contribution is 7.91. The fraction of sp³-hybridized carbons (Fsp3) is 0.536. The summed E-state index contributed by atoms with van der Waals surface area (Å²) in [6.45, 7) is 0.968. The van der Waals surface area contributed by atoms with Crippen molar-refractivity contribution in [1.82, 2.24) is 0 Å². The zero-order valence-electron chi connectivity index (χ0n) is 20.1. The maximum Gasteiger partial charge on any atom is 0.262 e. The van der Waals surface area contributed by atoms with Crippen LogP contribution in [0.15, 0.2) is 48.5 Å². The third-order valence-corrected chi connectivity index (χ3v) is 10.3. The maximum absolute atomic E-state index is 12.4. The molecule has 0 aromatic heterocycles. The third-order valence-electron chi connectivity index (χ3n) is 8.74. The standard InChI is InChI=1S/C28H34N2O4S/c31-27(29-24-3-5-25(6-4-24)30-9-11-35(32,33)12-10-30)19-34-26-7-1-23(2-8-26)28-16-20-13-21(17-28)15-22(14-20)18-28/h1-8,20-22H,9-19H2,(H,29,31). The summed E-state index contributed by atoms with van der Waals surface area (Å²) in [5.74, 6) is 3.66. The Kier molecular flexibility index (Phi) is 5.78. The zero-order valence-corrected chi connectivity index (χ0v) is 20.9. The third kappa shape index (κ3) is 4.80. The van der Waals surface area contributed by atoms with Gasteiger partial charge < -0.3 is 15.0 Å². The van der Waals surface area contributed by atoms with Crippen molar-refractivity contribution in [3.63, 3.8) is 0 Å². The second kappa shape index (κ2) is 8.84. The van der Waals surface area contributed by atoms with Crippen LogP contribution in [-0.4, -0.2) is 45.5 Å². The van der Waals surface area contributed by atoms with E-state index in [-0.39, 0.29) is 24.0 Å². The summed E-state index contributed by atoms with van der Waals surface area (Å²) in [5.41, 5.74) is 3.50. The molecule has 5 aliphatic rings. The van der Waals surface area contributed by atoms with Gasteiger partial charge in [0, 0.05) is 24.5 Å². The monoisotopic (exact) mass is 494 g/mol. The molecule has 1 N–H and O–H groups in total. The molecule has 186 valence electrons. The molecule has 4 aliphatic carbocycles. The van der Waals surface area contributed by atoms with Gasteiger partial charge in [0.05, 0.1) is 11.5 Å². The van der Waals surface area contributed by atoms with Gasteiger partial charge in [0.15, 0.2) is 16.4 Å². The minimum absolute atomic E-state index is 0.0392. The maximum atomic E-state index is 12.4. The van der Waals surface area contributed by atoms with Gasteiger partial charge in [-0.15, -0.1) is 0 Å². The van der Waals surface area contributed by atoms with Crippen molar-refractivity contribution in [3.8, 4) is 5.75 Å². The molecule has 0 spiro atoms. The lowest BCUT2D eigenvalue weighted by atomic mass is 9.48. The lowest BCUT2D eigenvalue weighted by Crippen LogP contribution is -2.48. The summed E-state index contributed by atoms with van der Waals surface area (Å²) in [6, 6.07) is 16.0. The highest BCUT2D eigenvalue weighted by atomic mass is 32.2. The smallest absolute Gasteiger partial charge is 0.262 e. The van der Waals surface area contributed by atoms with E-state index < -0.39 is 9.84 Å². The molecule has 2 aromatic rings. The van der Waals surface area contributed by atoms with Crippen molar-refractivity contribution < 1.29 is 17.9 Å². The number of nitrogens with zero attached hydrogens (tertiary/aromatic N) is 1. The largest absolute Gasteiger partial charge is 0.484 e. The van der Waals surface area contributed by atoms with E-state index in [1.807, 2.05) is 36.4 Å². The van der Waals surface area contributed by atoms with Crippen LogP contribution < -0.4 is 15.0 Å². The first-order valence-corrected chi connectivity index (χ1v) is 14.8. The van der Waals surface area contributed by atoms with E-state index in [0.717, 1.165) is 29.2 Å². The average Bonchev–Trinajstić information content (AvgIpc) is 2.83. The number of rotatable bonds is 6. The first-order valence-electron chi connectivity index (χ1n) is 12.9. The van der Waals surface area contributed by atoms with Gasteiger partial charge in [-0.3, -0.25) is 4.79 Å². The molecule has 0 radical (unpaired) electrons. The van der Waals surface area contributed by atoms with Crippen LogP contribution in [0, 0.1) is 17.8 Å². The molecule has 2 aromatic carbocycles. The predicted molar refractivity (Wildman–Crippen MR) is 138 cm³/mol. The average molecular weight is 495 g/mol. The van der Waals surface area contributed by atoms with E-state index in [2.05, 4.69) is 22.3 Å². The van der Waals surface area contributed by atoms with Gasteiger partial charge in [0.2, 0.25) is 0 Å². The quantitative estimate of drug-likeness (QED) is 0.644. The Morgan fingerprint density at radius 3 is 2.03 bits per heavy atom. The van der Waals surface area contributed by atoms with E-state index >= 15 is 0 Å². The molecule has 0 atom stereocenters. The number of benzene rings is 2. The van der Waals surface area contributed by atoms with Gasteiger partial charge in [-0.05, 0) is 104 Å². The van der Waals surface area contributed by atoms with Crippen molar-refractivity contribution >= 4 is 27.1 Å². The molecule has 4 bridgehead atoms. The lowest BCUT2D eigenvalue weighted by molar-refractivity contribution is -0.118. The van der Waals surface area contributed by atoms with Gasteiger partial charge in [0.25, 0.3) is 5.91 Å². The van der Waals surface area contributed by atoms with E-state index in [1.54, 1.807) is 0 Å². The minimum Gasteiger partial charge on any atom is -0.484 e. The normalized spacial score (nSPS) is 30.7. The Hall–Kier alpha value is -2.54. The van der Waals surface area contributed by atoms with Gasteiger partial charge in [-0.2, -0.15) is 0 Å². The molecule has 35 heavy (non-hydrogen) atoms. The van der Waals surface area contributed by atoms with Gasteiger partial charge in [-0.1, -0.05) is 12.1 Å². The molecule has 4 saturated carbocycles. The Balaban J connectivity index is 1.01. The zero-order chi connectivity index (χ0) is 24.0. The van der Waals surface area contributed by atoms with Gasteiger partial charge in [-0.25, -0.2) is 8.42 Å². The highest BCUT2D eigenvalue weighted by Gasteiger charge is 2.51. The number of hydrogen-bond donors (Lipinski definition) is 1. The van der Waals surface area contributed by atoms with Crippen LogP contribution in [0.25, 0.3) is 0 Å². The van der Waals surface area contributed by atoms with Crippen LogP contribution in [0.4, 0.5) is 11.4 Å². The highest BCUT2D eigenvalue weighted by Crippen LogP contribution is 2.60. The Morgan fingerprint density at radius 2 is 1.46 bits per heavy atom. The molecule has 1 heterocycles. The van der Waals surface area contributed by atoms with E-state index in [4.69, 9.17) is 4.74 Å². The number of hydrogen-bond acceptors (Lipinski definition) is 5. The molecular formula is C28H34N2O4S.